The highest BCUT2D eigenvalue weighted by molar-refractivity contribution is 6.23. The standard InChI is InChI=1S/C42H24O/c1-2-11-26-25(10-1)24-38(30-15-6-3-12-27(26)30)36-19-8-20-37-41-34(18-9-21-39(41)43-42(36)37)31-22-23-35-29-14-5-4-13-28(29)32-16-7-17-33(31)40(32)35/h1-24H. The summed E-state index contributed by atoms with van der Waals surface area (Å²) >= 11 is 0. The maximum absolute atomic E-state index is 6.78. The Hall–Kier alpha value is -5.66. The molecule has 0 fully saturated rings. The fraction of sp³-hybridized carbons (Fsp3) is 0. The predicted molar refractivity (Wildman–Crippen MR) is 182 cm³/mol. The maximum atomic E-state index is 6.78. The molecule has 1 aromatic heterocycles. The van der Waals surface area contributed by atoms with Crippen molar-refractivity contribution in [2.24, 2.45) is 0 Å². The van der Waals surface area contributed by atoms with Gasteiger partial charge in [0, 0.05) is 16.3 Å². The Balaban J connectivity index is 1.27. The molecule has 0 aliphatic heterocycles. The largest absolute Gasteiger partial charge is 0.455 e. The van der Waals surface area contributed by atoms with Gasteiger partial charge >= 0.3 is 0 Å². The summed E-state index contributed by atoms with van der Waals surface area (Å²) in [5, 5.41) is 9.94. The van der Waals surface area contributed by atoms with Crippen molar-refractivity contribution in [3.8, 4) is 44.5 Å². The Labute approximate surface area is 248 Å². The fourth-order valence-electron chi connectivity index (χ4n) is 7.60. The van der Waals surface area contributed by atoms with Crippen LogP contribution in [-0.2, 0) is 0 Å². The van der Waals surface area contributed by atoms with Crippen molar-refractivity contribution in [3.63, 3.8) is 0 Å². The molecule has 0 spiro atoms. The summed E-state index contributed by atoms with van der Waals surface area (Å²) in [7, 11) is 0. The molecule has 0 atom stereocenters. The van der Waals surface area contributed by atoms with Gasteiger partial charge in [-0.25, -0.2) is 0 Å². The molecule has 9 aromatic rings. The van der Waals surface area contributed by atoms with Crippen molar-refractivity contribution in [1.82, 2.24) is 0 Å². The Morgan fingerprint density at radius 2 is 0.860 bits per heavy atom. The molecule has 198 valence electrons. The Morgan fingerprint density at radius 3 is 1.70 bits per heavy atom. The summed E-state index contributed by atoms with van der Waals surface area (Å²) in [4.78, 5) is 0. The SMILES string of the molecule is c1ccc2c(c1)-c1cccc3c(-c4cccc5oc6c(-c7cc8ccccc8c8ccccc78)cccc6c45)ccc-2c13. The zero-order valence-electron chi connectivity index (χ0n) is 23.3. The highest BCUT2D eigenvalue weighted by Gasteiger charge is 2.24. The van der Waals surface area contributed by atoms with Crippen LogP contribution in [0.3, 0.4) is 0 Å². The number of furan rings is 1. The van der Waals surface area contributed by atoms with E-state index in [1.807, 2.05) is 0 Å². The number of benzene rings is 8. The summed E-state index contributed by atoms with van der Waals surface area (Å²) in [6.07, 6.45) is 0. The van der Waals surface area contributed by atoms with Gasteiger partial charge in [-0.3, -0.25) is 0 Å². The van der Waals surface area contributed by atoms with Gasteiger partial charge < -0.3 is 4.42 Å². The van der Waals surface area contributed by atoms with Crippen molar-refractivity contribution in [2.45, 2.75) is 0 Å². The highest BCUT2D eigenvalue weighted by Crippen LogP contribution is 2.50. The smallest absolute Gasteiger partial charge is 0.143 e. The van der Waals surface area contributed by atoms with Gasteiger partial charge in [0.2, 0.25) is 0 Å². The van der Waals surface area contributed by atoms with Gasteiger partial charge in [-0.2, -0.15) is 0 Å². The predicted octanol–water partition coefficient (Wildman–Crippen LogP) is 12.0. The van der Waals surface area contributed by atoms with Gasteiger partial charge in [-0.15, -0.1) is 0 Å². The second kappa shape index (κ2) is 8.44. The minimum atomic E-state index is 0.914. The molecule has 1 nitrogen and oxygen atoms in total. The molecular formula is C42H24O. The molecule has 0 unspecified atom stereocenters. The first-order valence-corrected chi connectivity index (χ1v) is 14.9. The van der Waals surface area contributed by atoms with Gasteiger partial charge in [0.05, 0.1) is 0 Å². The van der Waals surface area contributed by atoms with E-state index in [0.29, 0.717) is 0 Å². The molecule has 10 rings (SSSR count). The van der Waals surface area contributed by atoms with Crippen molar-refractivity contribution >= 4 is 54.3 Å². The molecule has 1 heteroatoms. The minimum Gasteiger partial charge on any atom is -0.455 e. The summed E-state index contributed by atoms with van der Waals surface area (Å²) in [5.41, 5.74) is 11.9. The highest BCUT2D eigenvalue weighted by atomic mass is 16.3. The van der Waals surface area contributed by atoms with Crippen LogP contribution >= 0.6 is 0 Å². The molecule has 0 amide bonds. The van der Waals surface area contributed by atoms with E-state index in [-0.39, 0.29) is 0 Å². The number of fused-ring (bicyclic) bond motifs is 9. The lowest BCUT2D eigenvalue weighted by molar-refractivity contribution is 0.670. The zero-order valence-corrected chi connectivity index (χ0v) is 23.3. The normalized spacial score (nSPS) is 12.2. The van der Waals surface area contributed by atoms with Crippen molar-refractivity contribution < 1.29 is 4.42 Å². The summed E-state index contributed by atoms with van der Waals surface area (Å²) < 4.78 is 6.78. The monoisotopic (exact) mass is 544 g/mol. The van der Waals surface area contributed by atoms with Crippen LogP contribution in [0.2, 0.25) is 0 Å². The topological polar surface area (TPSA) is 13.1 Å². The Kier molecular flexibility index (Phi) is 4.51. The third-order valence-corrected chi connectivity index (χ3v) is 9.42. The number of rotatable bonds is 2. The van der Waals surface area contributed by atoms with Gasteiger partial charge in [-0.1, -0.05) is 133 Å². The van der Waals surface area contributed by atoms with Gasteiger partial charge in [0.25, 0.3) is 0 Å². The lowest BCUT2D eigenvalue weighted by Crippen LogP contribution is -1.86. The second-order valence-corrected chi connectivity index (χ2v) is 11.6. The first kappa shape index (κ1) is 23.0. The van der Waals surface area contributed by atoms with E-state index in [1.165, 1.54) is 76.6 Å². The van der Waals surface area contributed by atoms with Crippen LogP contribution in [0, 0.1) is 0 Å². The van der Waals surface area contributed by atoms with Gasteiger partial charge in [0.15, 0.2) is 0 Å². The zero-order chi connectivity index (χ0) is 28.1. The molecule has 0 bridgehead atoms. The number of hydrogen-bond donors (Lipinski definition) is 0. The average molecular weight is 545 g/mol. The third kappa shape index (κ3) is 3.06. The van der Waals surface area contributed by atoms with Crippen molar-refractivity contribution in [1.29, 1.82) is 0 Å². The lowest BCUT2D eigenvalue weighted by atomic mass is 9.90. The average Bonchev–Trinajstić information content (AvgIpc) is 3.62. The molecule has 8 aromatic carbocycles. The minimum absolute atomic E-state index is 0.914. The van der Waals surface area contributed by atoms with Crippen LogP contribution in [0.1, 0.15) is 0 Å². The Morgan fingerprint density at radius 1 is 0.302 bits per heavy atom. The molecule has 1 aliphatic carbocycles. The maximum Gasteiger partial charge on any atom is 0.143 e. The summed E-state index contributed by atoms with van der Waals surface area (Å²) in [6, 6.07) is 52.9. The molecule has 0 N–H and O–H groups in total. The first-order chi connectivity index (χ1) is 21.3. The lowest BCUT2D eigenvalue weighted by Gasteiger charge is -2.12. The van der Waals surface area contributed by atoms with E-state index >= 15 is 0 Å². The Bertz CT molecular complexity index is 2590. The second-order valence-electron chi connectivity index (χ2n) is 11.6. The summed E-state index contributed by atoms with van der Waals surface area (Å²) in [6.45, 7) is 0. The van der Waals surface area contributed by atoms with Crippen LogP contribution in [0.5, 0.6) is 0 Å². The van der Waals surface area contributed by atoms with Gasteiger partial charge in [-0.05, 0) is 83.4 Å². The van der Waals surface area contributed by atoms with Crippen LogP contribution in [0.4, 0.5) is 0 Å². The van der Waals surface area contributed by atoms with E-state index in [4.69, 9.17) is 4.42 Å². The van der Waals surface area contributed by atoms with Crippen LogP contribution in [0.25, 0.3) is 98.8 Å². The third-order valence-electron chi connectivity index (χ3n) is 9.42. The van der Waals surface area contributed by atoms with Crippen LogP contribution in [0.15, 0.2) is 150 Å². The summed E-state index contributed by atoms with van der Waals surface area (Å²) in [5.74, 6) is 0. The number of para-hydroxylation sites is 1. The molecule has 43 heavy (non-hydrogen) atoms. The molecule has 1 heterocycles. The number of hydrogen-bond acceptors (Lipinski definition) is 1. The van der Waals surface area contributed by atoms with E-state index in [1.54, 1.807) is 0 Å². The van der Waals surface area contributed by atoms with Crippen molar-refractivity contribution in [2.75, 3.05) is 0 Å². The molecule has 0 saturated carbocycles. The fourth-order valence-corrected chi connectivity index (χ4v) is 7.60. The van der Waals surface area contributed by atoms with E-state index in [9.17, 15) is 0 Å². The first-order valence-electron chi connectivity index (χ1n) is 14.9. The van der Waals surface area contributed by atoms with Crippen LogP contribution < -0.4 is 0 Å². The van der Waals surface area contributed by atoms with Crippen molar-refractivity contribution in [3.05, 3.63) is 146 Å². The van der Waals surface area contributed by atoms with Crippen LogP contribution in [-0.4, -0.2) is 0 Å². The molecular weight excluding hydrogens is 520 g/mol. The molecule has 0 saturated heterocycles. The molecule has 0 radical (unpaired) electrons. The molecule has 1 aliphatic rings. The van der Waals surface area contributed by atoms with E-state index < -0.39 is 0 Å². The quantitative estimate of drug-likeness (QED) is 0.197. The van der Waals surface area contributed by atoms with E-state index in [0.717, 1.165) is 22.1 Å². The van der Waals surface area contributed by atoms with Gasteiger partial charge in [0.1, 0.15) is 11.2 Å². The van der Waals surface area contributed by atoms with E-state index in [2.05, 4.69) is 146 Å².